The summed E-state index contributed by atoms with van der Waals surface area (Å²) in [6, 6.07) is 7.05. The highest BCUT2D eigenvalue weighted by Gasteiger charge is 2.45. The van der Waals surface area contributed by atoms with E-state index in [1.54, 1.807) is 0 Å². The van der Waals surface area contributed by atoms with Crippen molar-refractivity contribution in [3.63, 3.8) is 0 Å². The van der Waals surface area contributed by atoms with Crippen molar-refractivity contribution < 1.29 is 19.4 Å². The number of imidazole rings is 1. The van der Waals surface area contributed by atoms with Gasteiger partial charge in [-0.2, -0.15) is 4.98 Å². The van der Waals surface area contributed by atoms with Crippen LogP contribution in [0.5, 0.6) is 5.88 Å². The van der Waals surface area contributed by atoms with Crippen molar-refractivity contribution in [2.75, 3.05) is 11.9 Å². The first-order valence-corrected chi connectivity index (χ1v) is 10.8. The van der Waals surface area contributed by atoms with Gasteiger partial charge in [-0.25, -0.2) is 14.8 Å². The summed E-state index contributed by atoms with van der Waals surface area (Å²) < 4.78 is 8.15. The summed E-state index contributed by atoms with van der Waals surface area (Å²) in [7, 11) is 1.86. The standard InChI is InChI=1S/C23H28N6O4/c1-13(30)26-15-8-6-14(7-9-15)19-27-17-20(28(19)5)24-12-25-21(17)33-16-10-11-29(22(31)32)18(16)23(2,3)4/h6-9,12,16,18H,10-11H2,1-5H3,(H,26,30)(H,31,32). The van der Waals surface area contributed by atoms with Crippen LogP contribution in [0, 0.1) is 5.41 Å². The number of likely N-dealkylation sites (tertiary alicyclic amines) is 1. The molecule has 1 saturated heterocycles. The number of hydrogen-bond acceptors (Lipinski definition) is 6. The lowest BCUT2D eigenvalue weighted by atomic mass is 9.84. The van der Waals surface area contributed by atoms with Crippen molar-refractivity contribution in [3.8, 4) is 17.3 Å². The van der Waals surface area contributed by atoms with E-state index in [9.17, 15) is 14.7 Å². The quantitative estimate of drug-likeness (QED) is 0.621. The number of nitrogens with one attached hydrogen (secondary N) is 1. The van der Waals surface area contributed by atoms with Gasteiger partial charge in [0.1, 0.15) is 18.3 Å². The van der Waals surface area contributed by atoms with Crippen molar-refractivity contribution in [2.45, 2.75) is 46.3 Å². The van der Waals surface area contributed by atoms with E-state index in [1.807, 2.05) is 56.7 Å². The molecule has 0 saturated carbocycles. The predicted molar refractivity (Wildman–Crippen MR) is 123 cm³/mol. The lowest BCUT2D eigenvalue weighted by Gasteiger charge is -2.36. The van der Waals surface area contributed by atoms with Gasteiger partial charge in [0.2, 0.25) is 11.8 Å². The van der Waals surface area contributed by atoms with E-state index in [4.69, 9.17) is 9.72 Å². The molecule has 2 unspecified atom stereocenters. The fourth-order valence-electron chi connectivity index (χ4n) is 4.50. The van der Waals surface area contributed by atoms with Gasteiger partial charge in [-0.1, -0.05) is 20.8 Å². The van der Waals surface area contributed by atoms with Crippen LogP contribution in [-0.4, -0.2) is 60.2 Å². The molecular weight excluding hydrogens is 424 g/mol. The third-order valence-electron chi connectivity index (χ3n) is 5.82. The van der Waals surface area contributed by atoms with Crippen LogP contribution in [0.4, 0.5) is 10.5 Å². The number of benzene rings is 1. The number of ether oxygens (including phenoxy) is 1. The molecule has 0 spiro atoms. The number of aryl methyl sites for hydroxylation is 1. The van der Waals surface area contributed by atoms with Crippen LogP contribution in [0.1, 0.15) is 34.1 Å². The Morgan fingerprint density at radius 3 is 2.48 bits per heavy atom. The highest BCUT2D eigenvalue weighted by atomic mass is 16.5. The van der Waals surface area contributed by atoms with Gasteiger partial charge in [0.05, 0.1) is 6.04 Å². The zero-order valence-electron chi connectivity index (χ0n) is 19.4. The van der Waals surface area contributed by atoms with Crippen LogP contribution in [0.25, 0.3) is 22.6 Å². The predicted octanol–water partition coefficient (Wildman–Crippen LogP) is 3.53. The smallest absolute Gasteiger partial charge is 0.407 e. The summed E-state index contributed by atoms with van der Waals surface area (Å²) in [6.07, 6.45) is 0.710. The molecule has 10 heteroatoms. The van der Waals surface area contributed by atoms with Crippen molar-refractivity contribution in [3.05, 3.63) is 30.6 Å². The molecule has 0 bridgehead atoms. The Hall–Kier alpha value is -3.69. The molecular formula is C23H28N6O4. The van der Waals surface area contributed by atoms with E-state index in [-0.39, 0.29) is 23.5 Å². The van der Waals surface area contributed by atoms with E-state index in [1.165, 1.54) is 18.2 Å². The number of nitrogens with zero attached hydrogens (tertiary/aromatic N) is 5. The summed E-state index contributed by atoms with van der Waals surface area (Å²) >= 11 is 0. The number of carboxylic acid groups (broad SMARTS) is 1. The van der Waals surface area contributed by atoms with E-state index in [0.29, 0.717) is 41.5 Å². The van der Waals surface area contributed by atoms with Crippen LogP contribution in [-0.2, 0) is 11.8 Å². The minimum absolute atomic E-state index is 0.135. The summed E-state index contributed by atoms with van der Waals surface area (Å²) in [5.74, 6) is 0.878. The first-order valence-electron chi connectivity index (χ1n) is 10.8. The Morgan fingerprint density at radius 1 is 1.18 bits per heavy atom. The molecule has 2 atom stereocenters. The van der Waals surface area contributed by atoms with Crippen LogP contribution in [0.15, 0.2) is 30.6 Å². The number of aromatic nitrogens is 4. The van der Waals surface area contributed by atoms with Crippen LogP contribution in [0.3, 0.4) is 0 Å². The number of hydrogen-bond donors (Lipinski definition) is 2. The second-order valence-corrected chi connectivity index (χ2v) is 9.34. The molecule has 4 rings (SSSR count). The van der Waals surface area contributed by atoms with E-state index in [0.717, 1.165) is 5.56 Å². The van der Waals surface area contributed by atoms with Gasteiger partial charge in [0.25, 0.3) is 0 Å². The van der Waals surface area contributed by atoms with Gasteiger partial charge in [-0.3, -0.25) is 4.79 Å². The van der Waals surface area contributed by atoms with E-state index < -0.39 is 6.09 Å². The lowest BCUT2D eigenvalue weighted by molar-refractivity contribution is -0.114. The van der Waals surface area contributed by atoms with Gasteiger partial charge in [-0.15, -0.1) is 0 Å². The molecule has 1 fully saturated rings. The first kappa shape index (κ1) is 22.5. The monoisotopic (exact) mass is 452 g/mol. The molecule has 33 heavy (non-hydrogen) atoms. The molecule has 2 aromatic heterocycles. The third kappa shape index (κ3) is 4.33. The average Bonchev–Trinajstić information content (AvgIpc) is 3.31. The molecule has 2 amide bonds. The molecule has 0 radical (unpaired) electrons. The normalized spacial score (nSPS) is 18.5. The second-order valence-electron chi connectivity index (χ2n) is 9.34. The fraction of sp³-hybridized carbons (Fsp3) is 0.435. The zero-order chi connectivity index (χ0) is 23.9. The Morgan fingerprint density at radius 2 is 1.88 bits per heavy atom. The molecule has 0 aliphatic carbocycles. The summed E-state index contributed by atoms with van der Waals surface area (Å²) in [4.78, 5) is 37.9. The van der Waals surface area contributed by atoms with Crippen molar-refractivity contribution in [2.24, 2.45) is 12.5 Å². The molecule has 3 heterocycles. The van der Waals surface area contributed by atoms with Gasteiger partial charge < -0.3 is 24.6 Å². The Bertz CT molecular complexity index is 1200. The van der Waals surface area contributed by atoms with Crippen LogP contribution >= 0.6 is 0 Å². The van der Waals surface area contributed by atoms with Crippen molar-refractivity contribution >= 4 is 28.9 Å². The zero-order valence-corrected chi connectivity index (χ0v) is 19.4. The Labute approximate surface area is 191 Å². The van der Waals surface area contributed by atoms with Gasteiger partial charge in [0.15, 0.2) is 11.2 Å². The maximum Gasteiger partial charge on any atom is 0.407 e. The molecule has 3 aromatic rings. The Balaban J connectivity index is 1.68. The Kier molecular flexibility index (Phi) is 5.69. The number of anilines is 1. The maximum absolute atomic E-state index is 11.8. The summed E-state index contributed by atoms with van der Waals surface area (Å²) in [5.41, 5.74) is 2.37. The first-order chi connectivity index (χ1) is 15.6. The summed E-state index contributed by atoms with van der Waals surface area (Å²) in [6.45, 7) is 7.89. The molecule has 1 aliphatic rings. The average molecular weight is 453 g/mol. The molecule has 2 N–H and O–H groups in total. The molecule has 10 nitrogen and oxygen atoms in total. The van der Waals surface area contributed by atoms with Crippen molar-refractivity contribution in [1.82, 2.24) is 24.4 Å². The van der Waals surface area contributed by atoms with Gasteiger partial charge in [0, 0.05) is 38.2 Å². The van der Waals surface area contributed by atoms with Crippen LogP contribution < -0.4 is 10.1 Å². The molecule has 1 aliphatic heterocycles. The molecule has 174 valence electrons. The summed E-state index contributed by atoms with van der Waals surface area (Å²) in [5, 5.41) is 12.4. The lowest BCUT2D eigenvalue weighted by Crippen LogP contribution is -2.48. The highest BCUT2D eigenvalue weighted by molar-refractivity contribution is 5.89. The van der Waals surface area contributed by atoms with Gasteiger partial charge >= 0.3 is 6.09 Å². The third-order valence-corrected chi connectivity index (χ3v) is 5.82. The fourth-order valence-corrected chi connectivity index (χ4v) is 4.50. The maximum atomic E-state index is 11.8. The number of fused-ring (bicyclic) bond motifs is 1. The molecule has 1 aromatic carbocycles. The number of rotatable bonds is 4. The minimum atomic E-state index is -0.948. The minimum Gasteiger partial charge on any atom is -0.470 e. The second kappa shape index (κ2) is 8.34. The topological polar surface area (TPSA) is 122 Å². The largest absolute Gasteiger partial charge is 0.470 e. The van der Waals surface area contributed by atoms with Crippen molar-refractivity contribution in [1.29, 1.82) is 0 Å². The number of carbonyl (C=O) groups is 2. The SMILES string of the molecule is CC(=O)Nc1ccc(-c2nc3c(OC4CCN(C(=O)O)C4C(C)(C)C)ncnc3n2C)cc1. The highest BCUT2D eigenvalue weighted by Crippen LogP contribution is 2.36. The van der Waals surface area contributed by atoms with E-state index in [2.05, 4.69) is 15.3 Å². The van der Waals surface area contributed by atoms with E-state index >= 15 is 0 Å². The number of carbonyl (C=O) groups excluding carboxylic acids is 1. The number of amides is 2. The van der Waals surface area contributed by atoms with Crippen LogP contribution in [0.2, 0.25) is 0 Å². The van der Waals surface area contributed by atoms with Gasteiger partial charge in [-0.05, 0) is 29.7 Å².